The second-order valence-corrected chi connectivity index (χ2v) is 8.73. The molecule has 0 spiro atoms. The molecule has 0 aromatic heterocycles. The van der Waals surface area contributed by atoms with Gasteiger partial charge in [-0.3, -0.25) is 4.79 Å². The zero-order valence-electron chi connectivity index (χ0n) is 20.0. The van der Waals surface area contributed by atoms with Crippen LogP contribution in [-0.2, 0) is 12.8 Å². The number of alkyl halides is 3. The van der Waals surface area contributed by atoms with Gasteiger partial charge < -0.3 is 30.5 Å². The van der Waals surface area contributed by atoms with Gasteiger partial charge in [-0.15, -0.1) is 0 Å². The van der Waals surface area contributed by atoms with Gasteiger partial charge in [-0.1, -0.05) is 6.07 Å². The first-order valence-corrected chi connectivity index (χ1v) is 11.7. The molecule has 1 atom stereocenters. The molecule has 11 heteroatoms. The van der Waals surface area contributed by atoms with Crippen LogP contribution < -0.4 is 25.4 Å². The van der Waals surface area contributed by atoms with Gasteiger partial charge in [0.15, 0.2) is 18.1 Å². The molecule has 0 bridgehead atoms. The maximum absolute atomic E-state index is 13.6. The summed E-state index contributed by atoms with van der Waals surface area (Å²) in [4.78, 5) is 14.2. The molecule has 7 nitrogen and oxygen atoms in total. The lowest BCUT2D eigenvalue weighted by atomic mass is 9.98. The second kappa shape index (κ2) is 12.3. The quantitative estimate of drug-likeness (QED) is 0.281. The van der Waals surface area contributed by atoms with E-state index in [2.05, 4.69) is 16.3 Å². The van der Waals surface area contributed by atoms with Crippen molar-refractivity contribution >= 4 is 11.6 Å². The third kappa shape index (κ3) is 7.72. The largest absolute Gasteiger partial charge is 0.488 e. The molecule has 0 fully saturated rings. The van der Waals surface area contributed by atoms with Gasteiger partial charge in [0.05, 0.1) is 11.3 Å². The maximum Gasteiger partial charge on any atom is 0.422 e. The SMILES string of the molecule is CC(Cc1cc2c(c(C(N)=O)c1)N(CCCO)CC2)NCCOc1cc(F)ccc1OCC(F)(F)F. The van der Waals surface area contributed by atoms with Crippen LogP contribution in [0.25, 0.3) is 0 Å². The highest BCUT2D eigenvalue weighted by atomic mass is 19.4. The Hall–Kier alpha value is -3.05. The number of nitrogens with zero attached hydrogens (tertiary/aromatic N) is 1. The fourth-order valence-corrected chi connectivity index (χ4v) is 4.25. The number of aliphatic hydroxyl groups is 1. The fourth-order valence-electron chi connectivity index (χ4n) is 4.25. The number of anilines is 1. The van der Waals surface area contributed by atoms with Crippen LogP contribution in [0.1, 0.15) is 34.8 Å². The summed E-state index contributed by atoms with van der Waals surface area (Å²) in [5, 5.41) is 12.4. The number of amides is 1. The molecule has 2 aromatic rings. The summed E-state index contributed by atoms with van der Waals surface area (Å²) in [6.07, 6.45) is -2.53. The number of carbonyl (C=O) groups excluding carboxylic acids is 1. The molecule has 0 saturated heterocycles. The van der Waals surface area contributed by atoms with E-state index in [9.17, 15) is 22.4 Å². The molecule has 1 aliphatic rings. The Morgan fingerprint density at radius 3 is 2.69 bits per heavy atom. The molecule has 4 N–H and O–H groups in total. The minimum absolute atomic E-state index is 0.0206. The highest BCUT2D eigenvalue weighted by Crippen LogP contribution is 2.34. The molecular weight excluding hydrogens is 482 g/mol. The Bertz CT molecular complexity index is 1050. The van der Waals surface area contributed by atoms with Gasteiger partial charge >= 0.3 is 6.18 Å². The van der Waals surface area contributed by atoms with E-state index in [1.54, 1.807) is 6.07 Å². The van der Waals surface area contributed by atoms with E-state index in [1.807, 2.05) is 6.92 Å². The normalized spacial score (nSPS) is 14.0. The number of hydrogen-bond donors (Lipinski definition) is 3. The van der Waals surface area contributed by atoms with Crippen molar-refractivity contribution < 1.29 is 36.9 Å². The molecule has 1 amide bonds. The molecule has 0 saturated carbocycles. The van der Waals surface area contributed by atoms with Gasteiger partial charge in [-0.05, 0) is 55.5 Å². The van der Waals surface area contributed by atoms with Crippen LogP contribution in [0, 0.1) is 5.82 Å². The summed E-state index contributed by atoms with van der Waals surface area (Å²) < 4.78 is 61.1. The van der Waals surface area contributed by atoms with Gasteiger partial charge in [0.1, 0.15) is 12.4 Å². The second-order valence-electron chi connectivity index (χ2n) is 8.73. The van der Waals surface area contributed by atoms with Crippen molar-refractivity contribution in [2.75, 3.05) is 44.4 Å². The molecule has 198 valence electrons. The predicted molar refractivity (Wildman–Crippen MR) is 127 cm³/mol. The Balaban J connectivity index is 1.56. The fraction of sp³-hybridized carbons (Fsp3) is 0.480. The Labute approximate surface area is 207 Å². The van der Waals surface area contributed by atoms with Crippen molar-refractivity contribution in [3.05, 3.63) is 52.8 Å². The Morgan fingerprint density at radius 2 is 2.00 bits per heavy atom. The monoisotopic (exact) mass is 513 g/mol. The topological polar surface area (TPSA) is 97.1 Å². The van der Waals surface area contributed by atoms with Gasteiger partial charge in [0.25, 0.3) is 5.91 Å². The number of nitrogens with one attached hydrogen (secondary N) is 1. The van der Waals surface area contributed by atoms with Crippen LogP contribution in [0.15, 0.2) is 30.3 Å². The molecular formula is C25H31F4N3O4. The molecule has 36 heavy (non-hydrogen) atoms. The average molecular weight is 514 g/mol. The van der Waals surface area contributed by atoms with Crippen LogP contribution in [0.5, 0.6) is 11.5 Å². The van der Waals surface area contributed by atoms with Crippen LogP contribution in [0.4, 0.5) is 23.2 Å². The number of carbonyl (C=O) groups is 1. The Morgan fingerprint density at radius 1 is 1.22 bits per heavy atom. The van der Waals surface area contributed by atoms with Gasteiger partial charge in [0, 0.05) is 38.3 Å². The average Bonchev–Trinajstić information content (AvgIpc) is 3.21. The standard InChI is InChI=1S/C25H31F4N3O4/c1-16(31-6-10-35-22-14-19(26)3-4-21(22)36-15-25(27,28)29)11-17-12-18-5-8-32(7-2-9-33)23(18)20(13-17)24(30)34/h3-4,12-14,16,31,33H,2,5-11,15H2,1H3,(H2,30,34). The smallest absolute Gasteiger partial charge is 0.422 e. The van der Waals surface area contributed by atoms with E-state index < -0.39 is 24.5 Å². The zero-order valence-corrected chi connectivity index (χ0v) is 20.0. The van der Waals surface area contributed by atoms with Gasteiger partial charge in [-0.25, -0.2) is 4.39 Å². The van der Waals surface area contributed by atoms with Gasteiger partial charge in [0.2, 0.25) is 0 Å². The number of fused-ring (bicyclic) bond motifs is 1. The van der Waals surface area contributed by atoms with Crippen LogP contribution >= 0.6 is 0 Å². The van der Waals surface area contributed by atoms with Crippen LogP contribution in [-0.4, -0.2) is 62.7 Å². The Kier molecular flexibility index (Phi) is 9.38. The summed E-state index contributed by atoms with van der Waals surface area (Å²) in [5.41, 5.74) is 8.95. The summed E-state index contributed by atoms with van der Waals surface area (Å²) in [6.45, 7) is 2.35. The van der Waals surface area contributed by atoms with E-state index in [4.69, 9.17) is 20.3 Å². The number of ether oxygens (including phenoxy) is 2. The molecule has 1 unspecified atom stereocenters. The highest BCUT2D eigenvalue weighted by molar-refractivity contribution is 6.00. The number of aliphatic hydroxyl groups excluding tert-OH is 1. The zero-order chi connectivity index (χ0) is 26.3. The number of primary amides is 1. The number of benzene rings is 2. The van der Waals surface area contributed by atoms with Crippen molar-refractivity contribution in [2.45, 2.75) is 38.4 Å². The first-order chi connectivity index (χ1) is 17.1. The lowest BCUT2D eigenvalue weighted by Gasteiger charge is -2.22. The van der Waals surface area contributed by atoms with Crippen molar-refractivity contribution in [2.24, 2.45) is 5.73 Å². The van der Waals surface area contributed by atoms with Crippen molar-refractivity contribution in [1.82, 2.24) is 5.32 Å². The van der Waals surface area contributed by atoms with Crippen LogP contribution in [0.2, 0.25) is 0 Å². The first kappa shape index (κ1) is 27.5. The molecule has 3 rings (SSSR count). The predicted octanol–water partition coefficient (Wildman–Crippen LogP) is 3.21. The number of nitrogens with two attached hydrogens (primary N) is 1. The van der Waals surface area contributed by atoms with E-state index >= 15 is 0 Å². The summed E-state index contributed by atoms with van der Waals surface area (Å²) in [7, 11) is 0. The lowest BCUT2D eigenvalue weighted by molar-refractivity contribution is -0.153. The number of halogens is 4. The lowest BCUT2D eigenvalue weighted by Crippen LogP contribution is -2.32. The van der Waals surface area contributed by atoms with Gasteiger partial charge in [-0.2, -0.15) is 13.2 Å². The third-order valence-corrected chi connectivity index (χ3v) is 5.76. The number of hydrogen-bond acceptors (Lipinski definition) is 6. The number of rotatable bonds is 13. The summed E-state index contributed by atoms with van der Waals surface area (Å²) in [5.74, 6) is -1.45. The summed E-state index contributed by atoms with van der Waals surface area (Å²) >= 11 is 0. The molecule has 0 aliphatic carbocycles. The molecule has 1 heterocycles. The van der Waals surface area contributed by atoms with Crippen LogP contribution in [0.3, 0.4) is 0 Å². The van der Waals surface area contributed by atoms with E-state index in [0.29, 0.717) is 31.5 Å². The van der Waals surface area contributed by atoms with E-state index in [0.717, 1.165) is 48.0 Å². The minimum Gasteiger partial charge on any atom is -0.488 e. The minimum atomic E-state index is -4.52. The van der Waals surface area contributed by atoms with Crippen molar-refractivity contribution in [1.29, 1.82) is 0 Å². The third-order valence-electron chi connectivity index (χ3n) is 5.76. The van der Waals surface area contributed by atoms with E-state index in [-0.39, 0.29) is 30.8 Å². The first-order valence-electron chi connectivity index (χ1n) is 11.7. The maximum atomic E-state index is 13.6. The highest BCUT2D eigenvalue weighted by Gasteiger charge is 2.29. The molecule has 0 radical (unpaired) electrons. The van der Waals surface area contributed by atoms with Crippen molar-refractivity contribution in [3.8, 4) is 11.5 Å². The van der Waals surface area contributed by atoms with E-state index in [1.165, 1.54) is 0 Å². The molecule has 2 aromatic carbocycles. The molecule has 1 aliphatic heterocycles. The summed E-state index contributed by atoms with van der Waals surface area (Å²) in [6, 6.07) is 6.92. The van der Waals surface area contributed by atoms with Crippen molar-refractivity contribution in [3.63, 3.8) is 0 Å².